The maximum Gasteiger partial charge on any atom is 0.340 e. The van der Waals surface area contributed by atoms with Crippen molar-refractivity contribution < 1.29 is 23.1 Å². The van der Waals surface area contributed by atoms with Crippen LogP contribution in [0.4, 0.5) is 14.5 Å². The Morgan fingerprint density at radius 3 is 2.61 bits per heavy atom. The van der Waals surface area contributed by atoms with E-state index in [1.165, 1.54) is 17.4 Å². The molecule has 0 aliphatic heterocycles. The number of hydrogen-bond acceptors (Lipinski definition) is 4. The summed E-state index contributed by atoms with van der Waals surface area (Å²) in [5, 5.41) is 2.25. The fourth-order valence-electron chi connectivity index (χ4n) is 1.66. The normalized spacial score (nSPS) is 10.8. The van der Waals surface area contributed by atoms with E-state index in [0.717, 1.165) is 21.8 Å². The molecular formula is C15H10BrF2NO3S. The summed E-state index contributed by atoms with van der Waals surface area (Å²) < 4.78 is 32.5. The van der Waals surface area contributed by atoms with Crippen LogP contribution in [0.3, 0.4) is 0 Å². The predicted molar refractivity (Wildman–Crippen MR) is 87.4 cm³/mol. The molecule has 0 atom stereocenters. The molecular weight excluding hydrogens is 392 g/mol. The summed E-state index contributed by atoms with van der Waals surface area (Å²) in [6.07, 6.45) is 2.76. The number of anilines is 1. The Kier molecular flexibility index (Phi) is 5.62. The SMILES string of the molecule is COC(=O)c1cc(NC(=O)/C=C/c2ccc(Br)s2)c(F)cc1F. The molecule has 2 aromatic rings. The van der Waals surface area contributed by atoms with Crippen molar-refractivity contribution in [3.05, 3.63) is 56.2 Å². The number of carbonyl (C=O) groups excluding carboxylic acids is 2. The van der Waals surface area contributed by atoms with E-state index < -0.39 is 29.1 Å². The van der Waals surface area contributed by atoms with Gasteiger partial charge in [-0.15, -0.1) is 11.3 Å². The van der Waals surface area contributed by atoms with Gasteiger partial charge in [0.2, 0.25) is 5.91 Å². The molecule has 0 saturated heterocycles. The number of rotatable bonds is 4. The number of carbonyl (C=O) groups is 2. The van der Waals surface area contributed by atoms with Crippen LogP contribution in [0.2, 0.25) is 0 Å². The zero-order chi connectivity index (χ0) is 17.0. The summed E-state index contributed by atoms with van der Waals surface area (Å²) in [5.41, 5.74) is -0.774. The molecule has 1 N–H and O–H groups in total. The van der Waals surface area contributed by atoms with Gasteiger partial charge in [0, 0.05) is 17.0 Å². The van der Waals surface area contributed by atoms with E-state index in [2.05, 4.69) is 26.0 Å². The monoisotopic (exact) mass is 401 g/mol. The Morgan fingerprint density at radius 1 is 1.26 bits per heavy atom. The molecule has 2 rings (SSSR count). The van der Waals surface area contributed by atoms with Crippen molar-refractivity contribution in [1.29, 1.82) is 0 Å². The molecule has 4 nitrogen and oxygen atoms in total. The number of esters is 1. The molecule has 0 radical (unpaired) electrons. The second-order valence-corrected chi connectivity index (χ2v) is 6.76. The van der Waals surface area contributed by atoms with Gasteiger partial charge in [0.1, 0.15) is 11.6 Å². The van der Waals surface area contributed by atoms with E-state index in [-0.39, 0.29) is 5.69 Å². The minimum atomic E-state index is -1.06. The smallest absolute Gasteiger partial charge is 0.340 e. The van der Waals surface area contributed by atoms with Crippen LogP contribution in [0.25, 0.3) is 6.08 Å². The lowest BCUT2D eigenvalue weighted by Gasteiger charge is -2.07. The molecule has 0 spiro atoms. The van der Waals surface area contributed by atoms with Crippen molar-refractivity contribution in [3.8, 4) is 0 Å². The molecule has 120 valence electrons. The van der Waals surface area contributed by atoms with Crippen molar-refractivity contribution in [1.82, 2.24) is 0 Å². The molecule has 1 amide bonds. The lowest BCUT2D eigenvalue weighted by molar-refractivity contribution is -0.111. The van der Waals surface area contributed by atoms with Crippen molar-refractivity contribution in [3.63, 3.8) is 0 Å². The van der Waals surface area contributed by atoms with Gasteiger partial charge in [-0.2, -0.15) is 0 Å². The number of ether oxygens (including phenoxy) is 1. The van der Waals surface area contributed by atoms with Gasteiger partial charge in [-0.1, -0.05) is 0 Å². The van der Waals surface area contributed by atoms with Gasteiger partial charge in [0.05, 0.1) is 22.1 Å². The summed E-state index contributed by atoms with van der Waals surface area (Å²) in [6.45, 7) is 0. The Balaban J connectivity index is 2.17. The number of methoxy groups -OCH3 is 1. The Morgan fingerprint density at radius 2 is 2.00 bits per heavy atom. The number of hydrogen-bond donors (Lipinski definition) is 1. The summed E-state index contributed by atoms with van der Waals surface area (Å²) in [4.78, 5) is 24.0. The third-order valence-corrected chi connectivity index (χ3v) is 4.30. The highest BCUT2D eigenvalue weighted by atomic mass is 79.9. The Bertz CT molecular complexity index is 789. The summed E-state index contributed by atoms with van der Waals surface area (Å²) in [5.74, 6) is -3.63. The molecule has 0 aliphatic rings. The second-order valence-electron chi connectivity index (χ2n) is 4.27. The fraction of sp³-hybridized carbons (Fsp3) is 0.0667. The highest BCUT2D eigenvalue weighted by molar-refractivity contribution is 9.11. The van der Waals surface area contributed by atoms with Crippen LogP contribution < -0.4 is 5.32 Å². The van der Waals surface area contributed by atoms with Crippen LogP contribution in [-0.2, 0) is 9.53 Å². The molecule has 1 aromatic heterocycles. The first kappa shape index (κ1) is 17.3. The number of benzene rings is 1. The average molecular weight is 402 g/mol. The van der Waals surface area contributed by atoms with Gasteiger partial charge in [0.15, 0.2) is 0 Å². The second kappa shape index (κ2) is 7.47. The standard InChI is InChI=1S/C15H10BrF2NO3S/c1-22-15(21)9-6-12(11(18)7-10(9)17)19-14(20)5-3-8-2-4-13(16)23-8/h2-7H,1H3,(H,19,20)/b5-3+. The van der Waals surface area contributed by atoms with Crippen LogP contribution >= 0.6 is 27.3 Å². The quantitative estimate of drug-likeness (QED) is 0.615. The maximum absolute atomic E-state index is 13.7. The fourth-order valence-corrected chi connectivity index (χ4v) is 2.99. The Labute approximate surface area is 142 Å². The van der Waals surface area contributed by atoms with E-state index in [0.29, 0.717) is 6.07 Å². The number of nitrogens with one attached hydrogen (secondary N) is 1. The van der Waals surface area contributed by atoms with Gasteiger partial charge in [-0.3, -0.25) is 4.79 Å². The first-order valence-corrected chi connectivity index (χ1v) is 7.83. The van der Waals surface area contributed by atoms with E-state index in [1.807, 2.05) is 6.07 Å². The van der Waals surface area contributed by atoms with Gasteiger partial charge >= 0.3 is 5.97 Å². The Hall–Kier alpha value is -2.06. The van der Waals surface area contributed by atoms with E-state index in [1.54, 1.807) is 12.1 Å². The van der Waals surface area contributed by atoms with E-state index in [9.17, 15) is 18.4 Å². The minimum absolute atomic E-state index is 0.311. The van der Waals surface area contributed by atoms with Gasteiger partial charge in [0.25, 0.3) is 0 Å². The van der Waals surface area contributed by atoms with Crippen LogP contribution in [0, 0.1) is 11.6 Å². The van der Waals surface area contributed by atoms with Crippen LogP contribution in [-0.4, -0.2) is 19.0 Å². The molecule has 0 unspecified atom stereocenters. The zero-order valence-electron chi connectivity index (χ0n) is 11.7. The van der Waals surface area contributed by atoms with Crippen molar-refractivity contribution in [2.75, 3.05) is 12.4 Å². The average Bonchev–Trinajstić information content (AvgIpc) is 2.93. The molecule has 1 heterocycles. The van der Waals surface area contributed by atoms with Crippen molar-refractivity contribution in [2.24, 2.45) is 0 Å². The number of halogens is 3. The number of thiophene rings is 1. The lowest BCUT2D eigenvalue weighted by atomic mass is 10.1. The summed E-state index contributed by atoms with van der Waals surface area (Å²) in [7, 11) is 1.07. The third-order valence-electron chi connectivity index (χ3n) is 2.71. The molecule has 8 heteroatoms. The number of amides is 1. The largest absolute Gasteiger partial charge is 0.465 e. The van der Waals surface area contributed by atoms with Gasteiger partial charge in [-0.05, 0) is 40.2 Å². The van der Waals surface area contributed by atoms with Gasteiger partial charge < -0.3 is 10.1 Å². The maximum atomic E-state index is 13.7. The molecule has 0 saturated carbocycles. The predicted octanol–water partition coefficient (Wildman–Crippen LogP) is 4.23. The minimum Gasteiger partial charge on any atom is -0.465 e. The zero-order valence-corrected chi connectivity index (χ0v) is 14.1. The van der Waals surface area contributed by atoms with Crippen LogP contribution in [0.1, 0.15) is 15.2 Å². The van der Waals surface area contributed by atoms with E-state index >= 15 is 0 Å². The van der Waals surface area contributed by atoms with E-state index in [4.69, 9.17) is 0 Å². The lowest BCUT2D eigenvalue weighted by Crippen LogP contribution is -2.12. The molecule has 0 fully saturated rings. The topological polar surface area (TPSA) is 55.4 Å². The summed E-state index contributed by atoms with van der Waals surface area (Å²) >= 11 is 4.71. The summed E-state index contributed by atoms with van der Waals surface area (Å²) in [6, 6.07) is 5.03. The van der Waals surface area contributed by atoms with Crippen LogP contribution in [0.15, 0.2) is 34.1 Å². The van der Waals surface area contributed by atoms with Crippen LogP contribution in [0.5, 0.6) is 0 Å². The highest BCUT2D eigenvalue weighted by Crippen LogP contribution is 2.23. The highest BCUT2D eigenvalue weighted by Gasteiger charge is 2.17. The molecule has 0 bridgehead atoms. The van der Waals surface area contributed by atoms with Gasteiger partial charge in [-0.25, -0.2) is 13.6 Å². The van der Waals surface area contributed by atoms with Crippen molar-refractivity contribution >= 4 is 50.9 Å². The molecule has 23 heavy (non-hydrogen) atoms. The van der Waals surface area contributed by atoms with Crippen molar-refractivity contribution in [2.45, 2.75) is 0 Å². The third kappa shape index (κ3) is 4.46. The first-order valence-electron chi connectivity index (χ1n) is 6.22. The molecule has 0 aliphatic carbocycles. The molecule has 1 aromatic carbocycles. The first-order chi connectivity index (χ1) is 10.9.